The number of benzene rings is 2. The first-order valence-electron chi connectivity index (χ1n) is 7.93. The van der Waals surface area contributed by atoms with Crippen LogP contribution in [0.25, 0.3) is 0 Å². The standard InChI is InChI=1S/C18H22N2O4S/c1-14-5-3-6-17(13-14)24-12-4-11-19-25(22,23)18-9-7-16(8-10-18)20-15(2)21/h3,5-10,13,19H,4,11-12H2,1-2H3,(H,20,21). The molecular formula is C18H22N2O4S. The zero-order valence-electron chi connectivity index (χ0n) is 14.3. The lowest BCUT2D eigenvalue weighted by atomic mass is 10.2. The minimum absolute atomic E-state index is 0.154. The Hall–Kier alpha value is -2.38. The maximum atomic E-state index is 12.2. The van der Waals surface area contributed by atoms with Crippen LogP contribution in [0.5, 0.6) is 5.75 Å². The normalized spacial score (nSPS) is 11.1. The predicted octanol–water partition coefficient (Wildman–Crippen LogP) is 2.70. The zero-order chi connectivity index (χ0) is 18.3. The van der Waals surface area contributed by atoms with Crippen LogP contribution in [0.3, 0.4) is 0 Å². The molecule has 0 radical (unpaired) electrons. The fourth-order valence-corrected chi connectivity index (χ4v) is 3.25. The second-order valence-corrected chi connectivity index (χ2v) is 7.39. The molecule has 0 saturated heterocycles. The smallest absolute Gasteiger partial charge is 0.240 e. The Balaban J connectivity index is 1.80. The van der Waals surface area contributed by atoms with Crippen molar-refractivity contribution in [3.8, 4) is 5.75 Å². The number of carbonyl (C=O) groups excluding carboxylic acids is 1. The molecule has 2 rings (SSSR count). The van der Waals surface area contributed by atoms with Gasteiger partial charge in [-0.15, -0.1) is 0 Å². The van der Waals surface area contributed by atoms with Crippen molar-refractivity contribution in [2.24, 2.45) is 0 Å². The molecule has 6 nitrogen and oxygen atoms in total. The van der Waals surface area contributed by atoms with E-state index in [0.717, 1.165) is 11.3 Å². The summed E-state index contributed by atoms with van der Waals surface area (Å²) in [5, 5.41) is 2.59. The van der Waals surface area contributed by atoms with E-state index >= 15 is 0 Å². The summed E-state index contributed by atoms with van der Waals surface area (Å²) in [5.74, 6) is 0.568. The Kier molecular flexibility index (Phi) is 6.55. The lowest BCUT2D eigenvalue weighted by Crippen LogP contribution is -2.25. The van der Waals surface area contributed by atoms with Crippen molar-refractivity contribution >= 4 is 21.6 Å². The molecule has 134 valence electrons. The number of aryl methyl sites for hydroxylation is 1. The van der Waals surface area contributed by atoms with Crippen molar-refractivity contribution in [3.05, 3.63) is 54.1 Å². The van der Waals surface area contributed by atoms with Gasteiger partial charge in [-0.2, -0.15) is 0 Å². The van der Waals surface area contributed by atoms with Crippen LogP contribution in [0.2, 0.25) is 0 Å². The first-order valence-corrected chi connectivity index (χ1v) is 9.42. The largest absolute Gasteiger partial charge is 0.494 e. The van der Waals surface area contributed by atoms with Crippen molar-refractivity contribution in [2.45, 2.75) is 25.2 Å². The minimum atomic E-state index is -3.58. The molecule has 0 aliphatic rings. The molecule has 0 spiro atoms. The lowest BCUT2D eigenvalue weighted by Gasteiger charge is -2.09. The number of anilines is 1. The second-order valence-electron chi connectivity index (χ2n) is 5.62. The Bertz CT molecular complexity index is 817. The van der Waals surface area contributed by atoms with Gasteiger partial charge in [-0.05, 0) is 55.3 Å². The van der Waals surface area contributed by atoms with E-state index in [2.05, 4.69) is 10.0 Å². The van der Waals surface area contributed by atoms with Crippen LogP contribution in [0.4, 0.5) is 5.69 Å². The minimum Gasteiger partial charge on any atom is -0.494 e. The Morgan fingerprint density at radius 3 is 2.48 bits per heavy atom. The molecule has 0 aliphatic heterocycles. The van der Waals surface area contributed by atoms with Crippen molar-refractivity contribution in [1.29, 1.82) is 0 Å². The molecule has 0 saturated carbocycles. The maximum absolute atomic E-state index is 12.2. The number of ether oxygens (including phenoxy) is 1. The highest BCUT2D eigenvalue weighted by Crippen LogP contribution is 2.14. The average Bonchev–Trinajstić information content (AvgIpc) is 2.54. The number of amides is 1. The molecule has 2 N–H and O–H groups in total. The topological polar surface area (TPSA) is 84.5 Å². The highest BCUT2D eigenvalue weighted by atomic mass is 32.2. The lowest BCUT2D eigenvalue weighted by molar-refractivity contribution is -0.114. The van der Waals surface area contributed by atoms with Crippen LogP contribution in [-0.2, 0) is 14.8 Å². The van der Waals surface area contributed by atoms with Crippen LogP contribution in [-0.4, -0.2) is 27.5 Å². The number of hydrogen-bond donors (Lipinski definition) is 2. The zero-order valence-corrected chi connectivity index (χ0v) is 15.1. The predicted molar refractivity (Wildman–Crippen MR) is 97.2 cm³/mol. The summed E-state index contributed by atoms with van der Waals surface area (Å²) in [6.45, 7) is 4.08. The van der Waals surface area contributed by atoms with E-state index in [9.17, 15) is 13.2 Å². The summed E-state index contributed by atoms with van der Waals surface area (Å²) in [4.78, 5) is 11.1. The second kappa shape index (κ2) is 8.64. The first-order chi connectivity index (χ1) is 11.9. The molecule has 7 heteroatoms. The Labute approximate surface area is 148 Å². The number of carbonyl (C=O) groups is 1. The van der Waals surface area contributed by atoms with Gasteiger partial charge in [0.05, 0.1) is 11.5 Å². The summed E-state index contributed by atoms with van der Waals surface area (Å²) in [7, 11) is -3.58. The molecule has 2 aromatic rings. The SMILES string of the molecule is CC(=O)Nc1ccc(S(=O)(=O)NCCCOc2cccc(C)c2)cc1. The number of hydrogen-bond acceptors (Lipinski definition) is 4. The highest BCUT2D eigenvalue weighted by Gasteiger charge is 2.13. The van der Waals surface area contributed by atoms with E-state index in [1.807, 2.05) is 31.2 Å². The molecule has 0 atom stereocenters. The molecule has 0 heterocycles. The van der Waals surface area contributed by atoms with Gasteiger partial charge >= 0.3 is 0 Å². The van der Waals surface area contributed by atoms with E-state index in [0.29, 0.717) is 18.7 Å². The van der Waals surface area contributed by atoms with Crippen LogP contribution < -0.4 is 14.8 Å². The van der Waals surface area contributed by atoms with Gasteiger partial charge in [-0.25, -0.2) is 13.1 Å². The number of rotatable bonds is 8. The van der Waals surface area contributed by atoms with Gasteiger partial charge < -0.3 is 10.1 Å². The summed E-state index contributed by atoms with van der Waals surface area (Å²) in [5.41, 5.74) is 1.67. The number of nitrogens with one attached hydrogen (secondary N) is 2. The molecule has 0 unspecified atom stereocenters. The van der Waals surface area contributed by atoms with Crippen LogP contribution in [0.15, 0.2) is 53.4 Å². The van der Waals surface area contributed by atoms with Crippen molar-refractivity contribution in [3.63, 3.8) is 0 Å². The van der Waals surface area contributed by atoms with Crippen LogP contribution in [0.1, 0.15) is 18.9 Å². The summed E-state index contributed by atoms with van der Waals surface area (Å²) in [6, 6.07) is 13.7. The van der Waals surface area contributed by atoms with Gasteiger partial charge in [0.25, 0.3) is 0 Å². The van der Waals surface area contributed by atoms with Gasteiger partial charge in [0, 0.05) is 19.2 Å². The Morgan fingerprint density at radius 2 is 1.84 bits per heavy atom. The van der Waals surface area contributed by atoms with Gasteiger partial charge in [0.15, 0.2) is 0 Å². The summed E-state index contributed by atoms with van der Waals surface area (Å²) in [6.07, 6.45) is 0.553. The molecule has 0 fully saturated rings. The third kappa shape index (κ3) is 6.21. The molecule has 2 aromatic carbocycles. The third-order valence-electron chi connectivity index (χ3n) is 3.36. The molecule has 0 bridgehead atoms. The van der Waals surface area contributed by atoms with E-state index in [1.165, 1.54) is 19.1 Å². The van der Waals surface area contributed by atoms with Crippen molar-refractivity contribution in [1.82, 2.24) is 4.72 Å². The molecule has 1 amide bonds. The summed E-state index contributed by atoms with van der Waals surface area (Å²) >= 11 is 0. The first kappa shape index (κ1) is 19.0. The van der Waals surface area contributed by atoms with E-state index in [1.54, 1.807) is 12.1 Å². The van der Waals surface area contributed by atoms with Gasteiger partial charge in [0.1, 0.15) is 5.75 Å². The van der Waals surface area contributed by atoms with E-state index in [4.69, 9.17) is 4.74 Å². The molecular weight excluding hydrogens is 340 g/mol. The van der Waals surface area contributed by atoms with Crippen LogP contribution in [0, 0.1) is 6.92 Å². The van der Waals surface area contributed by atoms with Gasteiger partial charge in [-0.1, -0.05) is 12.1 Å². The number of sulfonamides is 1. The third-order valence-corrected chi connectivity index (χ3v) is 4.83. The summed E-state index contributed by atoms with van der Waals surface area (Å²) < 4.78 is 32.5. The molecule has 0 aromatic heterocycles. The van der Waals surface area contributed by atoms with Crippen molar-refractivity contribution < 1.29 is 17.9 Å². The fraction of sp³-hybridized carbons (Fsp3) is 0.278. The van der Waals surface area contributed by atoms with Crippen molar-refractivity contribution in [2.75, 3.05) is 18.5 Å². The Morgan fingerprint density at radius 1 is 1.12 bits per heavy atom. The van der Waals surface area contributed by atoms with Crippen LogP contribution >= 0.6 is 0 Å². The van der Waals surface area contributed by atoms with Gasteiger partial charge in [-0.3, -0.25) is 4.79 Å². The van der Waals surface area contributed by atoms with E-state index in [-0.39, 0.29) is 17.3 Å². The fourth-order valence-electron chi connectivity index (χ4n) is 2.18. The monoisotopic (exact) mass is 362 g/mol. The highest BCUT2D eigenvalue weighted by molar-refractivity contribution is 7.89. The van der Waals surface area contributed by atoms with Gasteiger partial charge in [0.2, 0.25) is 15.9 Å². The van der Waals surface area contributed by atoms with E-state index < -0.39 is 10.0 Å². The maximum Gasteiger partial charge on any atom is 0.240 e. The average molecular weight is 362 g/mol. The quantitative estimate of drug-likeness (QED) is 0.707. The molecule has 0 aliphatic carbocycles. The molecule has 25 heavy (non-hydrogen) atoms.